The predicted octanol–water partition coefficient (Wildman–Crippen LogP) is 5.37. The van der Waals surface area contributed by atoms with Crippen molar-refractivity contribution in [2.75, 3.05) is 68.5 Å². The predicted molar refractivity (Wildman–Crippen MR) is 336 cm³/mol. The largest absolute Gasteiger partial charge is 0.393 e. The Labute approximate surface area is 541 Å². The Bertz CT molecular complexity index is 2600. The number of nitrogens with one attached hydrogen (secondary N) is 4. The summed E-state index contributed by atoms with van der Waals surface area (Å²) in [6, 6.07) is -7.45. The van der Waals surface area contributed by atoms with Gasteiger partial charge in [-0.3, -0.25) is 52.7 Å². The van der Waals surface area contributed by atoms with Crippen molar-refractivity contribution in [3.05, 3.63) is 0 Å². The van der Waals surface area contributed by atoms with Crippen molar-refractivity contribution in [3.8, 4) is 0 Å². The standard InChI is InChI=1S/C65H105ClF3N11O11/c1-39(2)32-49-57(85)72-55(44-22-15-16-23-44)62(90)76(8)37-53(83)74(6)38-54(84)78(10)50(35-42-20-13-12-14-21-42)61(89)75(7)36-51(81)71-47(28-26-43-25-27-45(46(66)34-43)65(67,68)69)60(88)80-31-19-24-48(80)58(86)73-64(29-17-18-30-64)63(91)79(11)56(40(3)4)59(87)70-41(5)33-52(82)77(49)9/h39-50,55-56H,12-38H2,1-11H3,(H,70,87)(H,71,81)(H,72,85)(H,73,86)/t41-,43?,45?,46?,47+,48+,49+,50+,55+,56+/m1/s1. The molecule has 0 aromatic rings. The lowest BCUT2D eigenvalue weighted by molar-refractivity contribution is -0.182. The molecule has 6 fully saturated rings. The molecule has 514 valence electrons. The summed E-state index contributed by atoms with van der Waals surface area (Å²) < 4.78 is 41.7. The molecular weight excluding hydrogens is 1200 g/mol. The molecule has 26 heteroatoms. The average Bonchev–Trinajstić information content (AvgIpc) is 1.93. The number of likely N-dealkylation sites (N-methyl/N-ethyl adjacent to an activating group) is 6. The minimum absolute atomic E-state index is 0.0166. The highest BCUT2D eigenvalue weighted by Gasteiger charge is 2.51. The molecule has 6 aliphatic rings. The van der Waals surface area contributed by atoms with Crippen LogP contribution in [0.1, 0.15) is 182 Å². The monoisotopic (exact) mass is 1310 g/mol. The maximum Gasteiger partial charge on any atom is 0.393 e. The molecule has 2 heterocycles. The van der Waals surface area contributed by atoms with Gasteiger partial charge in [-0.05, 0) is 120 Å². The number of halogens is 4. The topological polar surface area (TPSA) is 259 Å². The number of rotatable bonds is 9. The third-order valence-electron chi connectivity index (χ3n) is 20.4. The Morgan fingerprint density at radius 3 is 1.79 bits per heavy atom. The first-order chi connectivity index (χ1) is 42.7. The van der Waals surface area contributed by atoms with Gasteiger partial charge in [-0.1, -0.05) is 85.5 Å². The van der Waals surface area contributed by atoms with E-state index < -0.39 is 156 Å². The van der Waals surface area contributed by atoms with Crippen molar-refractivity contribution < 1.29 is 65.9 Å². The second-order valence-corrected chi connectivity index (χ2v) is 28.9. The molecule has 4 saturated carbocycles. The zero-order valence-electron chi connectivity index (χ0n) is 55.8. The summed E-state index contributed by atoms with van der Waals surface area (Å²) in [6.07, 6.45) is 5.41. The normalized spacial score (nSPS) is 30.4. The highest BCUT2D eigenvalue weighted by Crippen LogP contribution is 2.44. The summed E-state index contributed by atoms with van der Waals surface area (Å²) in [4.78, 5) is 169. The van der Waals surface area contributed by atoms with E-state index in [-0.39, 0.29) is 101 Å². The number of amides is 11. The first-order valence-electron chi connectivity index (χ1n) is 33.5. The summed E-state index contributed by atoms with van der Waals surface area (Å²) in [6.45, 7) is 7.57. The molecule has 0 radical (unpaired) electrons. The van der Waals surface area contributed by atoms with Gasteiger partial charge in [-0.15, -0.1) is 11.6 Å². The highest BCUT2D eigenvalue weighted by molar-refractivity contribution is 6.20. The van der Waals surface area contributed by atoms with Gasteiger partial charge >= 0.3 is 6.18 Å². The number of nitrogens with zero attached hydrogens (tertiary/aromatic N) is 7. The molecule has 3 unspecified atom stereocenters. The van der Waals surface area contributed by atoms with Gasteiger partial charge in [0.25, 0.3) is 0 Å². The second-order valence-electron chi connectivity index (χ2n) is 28.3. The molecule has 1 spiro atoms. The van der Waals surface area contributed by atoms with Crippen LogP contribution in [-0.4, -0.2) is 227 Å². The first kappa shape index (κ1) is 74.3. The molecule has 11 amide bonds. The lowest BCUT2D eigenvalue weighted by Gasteiger charge is -2.39. The zero-order valence-corrected chi connectivity index (χ0v) is 56.6. The van der Waals surface area contributed by atoms with E-state index in [1.54, 1.807) is 20.8 Å². The van der Waals surface area contributed by atoms with Crippen LogP contribution in [0, 0.1) is 35.5 Å². The van der Waals surface area contributed by atoms with Gasteiger partial charge in [0.2, 0.25) is 65.0 Å². The SMILES string of the molecule is CC(C)C[C@H]1C(=O)N[C@@H](C2CCCC2)C(=O)N(C)CC(=O)N(C)CC(=O)N(C)[C@@H](CC2CCCCC2)C(=O)N(C)CC(=O)N[C@@H](CCC2CCC(C(F)(F)F)C(Cl)C2)C(=O)N2CCC[C@H]2C(=O)NC2(CCCC2)C(=O)N(C)[C@@H](C(C)C)C(=O)N[C@H](C)CC(=O)N1C. The number of carbonyl (C=O) groups excluding carboxylic acids is 11. The van der Waals surface area contributed by atoms with Crippen LogP contribution in [0.3, 0.4) is 0 Å². The van der Waals surface area contributed by atoms with Gasteiger partial charge in [0.15, 0.2) is 0 Å². The first-order valence-corrected chi connectivity index (χ1v) is 33.9. The zero-order chi connectivity index (χ0) is 67.4. The fourth-order valence-corrected chi connectivity index (χ4v) is 15.5. The van der Waals surface area contributed by atoms with Crippen LogP contribution < -0.4 is 21.3 Å². The Morgan fingerprint density at radius 1 is 0.582 bits per heavy atom. The fourth-order valence-electron chi connectivity index (χ4n) is 15.0. The van der Waals surface area contributed by atoms with E-state index in [9.17, 15) is 56.3 Å². The number of hydrogen-bond acceptors (Lipinski definition) is 11. The third-order valence-corrected chi connectivity index (χ3v) is 20.9. The molecular formula is C65H105ClF3N11O11. The van der Waals surface area contributed by atoms with Crippen molar-refractivity contribution in [2.24, 2.45) is 35.5 Å². The van der Waals surface area contributed by atoms with Gasteiger partial charge in [-0.2, -0.15) is 13.2 Å². The maximum atomic E-state index is 15.0. The van der Waals surface area contributed by atoms with Crippen molar-refractivity contribution in [2.45, 2.75) is 242 Å². The molecule has 10 atom stereocenters. The van der Waals surface area contributed by atoms with Gasteiger partial charge in [0.1, 0.15) is 41.8 Å². The Hall–Kier alpha value is -5.75. The summed E-state index contributed by atoms with van der Waals surface area (Å²) in [5, 5.41) is 10.5. The second kappa shape index (κ2) is 32.9. The Balaban J connectivity index is 1.34. The van der Waals surface area contributed by atoms with Crippen LogP contribution in [-0.2, 0) is 52.7 Å². The molecule has 6 rings (SSSR count). The number of fused-ring (bicyclic) bond motifs is 1. The van der Waals surface area contributed by atoms with Gasteiger partial charge in [-0.25, -0.2) is 0 Å². The molecule has 4 aliphatic carbocycles. The summed E-state index contributed by atoms with van der Waals surface area (Å²) in [5.74, 6) is -9.22. The van der Waals surface area contributed by atoms with E-state index >= 15 is 9.59 Å². The molecule has 0 aromatic heterocycles. The number of carbonyl (C=O) groups is 11. The third kappa shape index (κ3) is 19.4. The van der Waals surface area contributed by atoms with Crippen LogP contribution in [0.2, 0.25) is 0 Å². The van der Waals surface area contributed by atoms with Crippen molar-refractivity contribution in [1.29, 1.82) is 0 Å². The molecule has 2 saturated heterocycles. The number of alkyl halides is 4. The Morgan fingerprint density at radius 2 is 1.19 bits per heavy atom. The molecule has 91 heavy (non-hydrogen) atoms. The van der Waals surface area contributed by atoms with Gasteiger partial charge < -0.3 is 55.6 Å². The molecule has 2 aliphatic heterocycles. The maximum absolute atomic E-state index is 15.0. The fraction of sp³-hybridized carbons (Fsp3) is 0.831. The molecule has 22 nitrogen and oxygen atoms in total. The summed E-state index contributed by atoms with van der Waals surface area (Å²) in [5.41, 5.74) is -1.47. The average molecular weight is 1310 g/mol. The molecule has 0 aromatic carbocycles. The van der Waals surface area contributed by atoms with E-state index in [1.807, 2.05) is 13.8 Å². The highest BCUT2D eigenvalue weighted by atomic mass is 35.5. The summed E-state index contributed by atoms with van der Waals surface area (Å²) in [7, 11) is 8.71. The molecule has 0 bridgehead atoms. The van der Waals surface area contributed by atoms with E-state index in [0.717, 1.165) is 49.8 Å². The molecule has 4 N–H and O–H groups in total. The quantitative estimate of drug-likeness (QED) is 0.214. The van der Waals surface area contributed by atoms with Crippen LogP contribution >= 0.6 is 11.6 Å². The lowest BCUT2D eigenvalue weighted by Crippen LogP contribution is -2.64. The minimum atomic E-state index is -4.49. The van der Waals surface area contributed by atoms with Crippen molar-refractivity contribution >= 4 is 76.6 Å². The van der Waals surface area contributed by atoms with E-state index in [0.29, 0.717) is 32.1 Å². The van der Waals surface area contributed by atoms with E-state index in [4.69, 9.17) is 11.6 Å². The summed E-state index contributed by atoms with van der Waals surface area (Å²) >= 11 is 6.36. The Kier molecular flexibility index (Phi) is 26.8. The van der Waals surface area contributed by atoms with E-state index in [2.05, 4.69) is 21.3 Å². The van der Waals surface area contributed by atoms with Gasteiger partial charge in [0.05, 0.1) is 25.6 Å². The minimum Gasteiger partial charge on any atom is -0.351 e. The number of hydrogen-bond donors (Lipinski definition) is 4. The van der Waals surface area contributed by atoms with E-state index in [1.165, 1.54) is 71.7 Å². The lowest BCUT2D eigenvalue weighted by atomic mass is 9.78. The van der Waals surface area contributed by atoms with Crippen LogP contribution in [0.15, 0.2) is 0 Å². The van der Waals surface area contributed by atoms with Crippen LogP contribution in [0.5, 0.6) is 0 Å². The van der Waals surface area contributed by atoms with Crippen LogP contribution in [0.4, 0.5) is 13.2 Å². The van der Waals surface area contributed by atoms with Gasteiger partial charge in [0, 0.05) is 66.7 Å². The van der Waals surface area contributed by atoms with Crippen molar-refractivity contribution in [3.63, 3.8) is 0 Å². The van der Waals surface area contributed by atoms with Crippen molar-refractivity contribution in [1.82, 2.24) is 55.6 Å². The smallest absolute Gasteiger partial charge is 0.351 e. The van der Waals surface area contributed by atoms with Crippen LogP contribution in [0.25, 0.3) is 0 Å².